The van der Waals surface area contributed by atoms with Crippen LogP contribution in [-0.2, 0) is 21.3 Å². The number of hydrogen-bond acceptors (Lipinski definition) is 0. The van der Waals surface area contributed by atoms with Crippen LogP contribution < -0.4 is 0 Å². The minimum atomic E-state index is -2.26. The summed E-state index contributed by atoms with van der Waals surface area (Å²) in [6.07, 6.45) is 6.22. The van der Waals surface area contributed by atoms with Gasteiger partial charge in [-0.25, -0.2) is 0 Å². The van der Waals surface area contributed by atoms with Crippen molar-refractivity contribution in [2.45, 2.75) is 30.8 Å². The van der Waals surface area contributed by atoms with Crippen LogP contribution in [0.15, 0.2) is 99.9 Å². The number of fused-ring (bicyclic) bond motifs is 3. The molecule has 0 fully saturated rings. The van der Waals surface area contributed by atoms with Gasteiger partial charge in [0.1, 0.15) is 0 Å². The van der Waals surface area contributed by atoms with Gasteiger partial charge in [-0.2, -0.15) is 0 Å². The smallest absolute Gasteiger partial charge is 0.269 e. The maximum absolute atomic E-state index is 2.58. The van der Waals surface area contributed by atoms with Crippen LogP contribution in [0.4, 0.5) is 9.41 Å². The second-order valence-corrected chi connectivity index (χ2v) is 15.6. The molecule has 0 unspecified atom stereocenters. The van der Waals surface area contributed by atoms with Crippen LogP contribution in [0.2, 0.25) is 0 Å². The average Bonchev–Trinajstić information content (AvgIpc) is 3.39. The molecule has 0 atom stereocenters. The molecule has 2 aliphatic rings. The van der Waals surface area contributed by atoms with E-state index in [1.807, 2.05) is 0 Å². The van der Waals surface area contributed by atoms with Gasteiger partial charge in [-0.1, -0.05) is 0 Å². The fraction of sp³-hybridized carbons (Fsp3) is 0.207. The molecule has 3 heteroatoms. The molecular weight excluding hydrogens is 478 g/mol. The third kappa shape index (κ3) is 4.20. The van der Waals surface area contributed by atoms with Gasteiger partial charge in [-0.15, -0.1) is 0 Å². The molecule has 5 rings (SSSR count). The third-order valence-corrected chi connectivity index (χ3v) is 14.8. The van der Waals surface area contributed by atoms with E-state index in [-0.39, 0.29) is 9.41 Å². The fourth-order valence-electron chi connectivity index (χ4n) is 5.09. The molecule has 2 aliphatic carbocycles. The fourth-order valence-corrected chi connectivity index (χ4v) is 13.8. The van der Waals surface area contributed by atoms with Crippen molar-refractivity contribution in [3.8, 4) is 11.1 Å². The van der Waals surface area contributed by atoms with Crippen molar-refractivity contribution in [1.82, 2.24) is 0 Å². The van der Waals surface area contributed by atoms with Gasteiger partial charge in [0.25, 0.3) is 0 Å². The maximum atomic E-state index is 2.58. The molecule has 3 aromatic rings. The molecule has 0 saturated heterocycles. The molecule has 0 radical (unpaired) electrons. The van der Waals surface area contributed by atoms with Gasteiger partial charge >= 0.3 is 189 Å². The molecule has 0 N–H and O–H groups in total. The average molecular weight is 508 g/mol. The summed E-state index contributed by atoms with van der Waals surface area (Å²) in [6.45, 7) is 7.08. The van der Waals surface area contributed by atoms with E-state index in [0.29, 0.717) is 9.54 Å². The van der Waals surface area contributed by atoms with Crippen LogP contribution >= 0.6 is 0 Å². The zero-order chi connectivity index (χ0) is 20.7. The number of benzene rings is 3. The number of allylic oxidation sites excluding steroid dienone is 4. The summed E-state index contributed by atoms with van der Waals surface area (Å²) in [4.78, 5) is 0. The molecule has 0 saturated carbocycles. The molecule has 0 aliphatic heterocycles. The first-order chi connectivity index (χ1) is 14.6. The van der Waals surface area contributed by atoms with Crippen molar-refractivity contribution >= 4 is 3.21 Å². The standard InChI is InChI=1S/C13H9.C8H11.C8H8.2FH.Zr/c1-3-7-12-10(5-1)9-11-6-2-4-8-13(11)12;1-7(2)8-5-3-4-6-8;1-2-8-6-4-3-5-7-8;;;/h1-9H;5-7H,3H2,1-2H3;3-7H,1H3;2*1H;. The molecule has 0 nitrogen and oxygen atoms in total. The van der Waals surface area contributed by atoms with Crippen molar-refractivity contribution in [3.63, 3.8) is 0 Å². The molecular formula is C29H30F2Zr. The second-order valence-electron chi connectivity index (χ2n) is 8.74. The van der Waals surface area contributed by atoms with Crippen LogP contribution in [0.3, 0.4) is 0 Å². The maximum Gasteiger partial charge on any atom is -0.269 e. The monoisotopic (exact) mass is 506 g/mol. The SMILES string of the molecule is C/[C](c1ccccc1)=[Zr](/[C]1=CC(C(C)C)=CC1)[CH]1c2ccccc2-c2ccccc21.F.F. The number of rotatable bonds is 4. The van der Waals surface area contributed by atoms with E-state index in [9.17, 15) is 0 Å². The molecule has 0 spiro atoms. The Balaban J connectivity index is 0.00000144. The molecule has 0 heterocycles. The minimum Gasteiger partial charge on any atom is -0.269 e. The quantitative estimate of drug-likeness (QED) is 0.338. The van der Waals surface area contributed by atoms with Gasteiger partial charge in [-0.05, 0) is 0 Å². The van der Waals surface area contributed by atoms with Gasteiger partial charge in [0.15, 0.2) is 0 Å². The minimum absolute atomic E-state index is 0. The number of halogens is 2. The molecule has 164 valence electrons. The van der Waals surface area contributed by atoms with Gasteiger partial charge in [0, 0.05) is 0 Å². The summed E-state index contributed by atoms with van der Waals surface area (Å²) in [5.41, 5.74) is 8.99. The first-order valence-electron chi connectivity index (χ1n) is 11.0. The molecule has 0 bridgehead atoms. The van der Waals surface area contributed by atoms with Crippen LogP contribution in [-0.4, -0.2) is 3.21 Å². The van der Waals surface area contributed by atoms with E-state index in [4.69, 9.17) is 0 Å². The van der Waals surface area contributed by atoms with Crippen molar-refractivity contribution in [3.05, 3.63) is 117 Å². The third-order valence-electron chi connectivity index (χ3n) is 6.64. The largest absolute Gasteiger partial charge is 0.269 e. The van der Waals surface area contributed by atoms with Gasteiger partial charge in [0.2, 0.25) is 0 Å². The summed E-state index contributed by atoms with van der Waals surface area (Å²) in [5, 5.41) is 0. The molecule has 32 heavy (non-hydrogen) atoms. The van der Waals surface area contributed by atoms with Crippen molar-refractivity contribution in [1.29, 1.82) is 0 Å². The predicted octanol–water partition coefficient (Wildman–Crippen LogP) is 7.79. The Morgan fingerprint density at radius 2 is 1.31 bits per heavy atom. The predicted molar refractivity (Wildman–Crippen MR) is 131 cm³/mol. The summed E-state index contributed by atoms with van der Waals surface area (Å²) in [5.74, 6) is 0.604. The van der Waals surface area contributed by atoms with E-state index in [1.165, 1.54) is 22.3 Å². The summed E-state index contributed by atoms with van der Waals surface area (Å²) in [6, 6.07) is 29.4. The molecule has 3 aromatic carbocycles. The van der Waals surface area contributed by atoms with Crippen molar-refractivity contribution in [2.75, 3.05) is 0 Å². The Morgan fingerprint density at radius 1 is 0.781 bits per heavy atom. The molecule has 0 aromatic heterocycles. The van der Waals surface area contributed by atoms with Crippen LogP contribution in [0.25, 0.3) is 11.1 Å². The van der Waals surface area contributed by atoms with Crippen molar-refractivity contribution in [2.24, 2.45) is 5.92 Å². The van der Waals surface area contributed by atoms with E-state index < -0.39 is 21.3 Å². The first-order valence-corrected chi connectivity index (χ1v) is 14.9. The van der Waals surface area contributed by atoms with E-state index in [0.717, 1.165) is 6.42 Å². The Bertz CT molecular complexity index is 1160. The van der Waals surface area contributed by atoms with Crippen molar-refractivity contribution < 1.29 is 30.7 Å². The van der Waals surface area contributed by atoms with E-state index >= 15 is 0 Å². The van der Waals surface area contributed by atoms with Crippen LogP contribution in [0, 0.1) is 5.92 Å². The van der Waals surface area contributed by atoms with E-state index in [1.54, 1.807) is 17.6 Å². The number of hydrogen-bond donors (Lipinski definition) is 0. The zero-order valence-corrected chi connectivity index (χ0v) is 21.3. The van der Waals surface area contributed by atoms with Gasteiger partial charge in [0.05, 0.1) is 0 Å². The molecule has 0 amide bonds. The summed E-state index contributed by atoms with van der Waals surface area (Å²) >= 11 is -2.26. The van der Waals surface area contributed by atoms with Gasteiger partial charge < -0.3 is 0 Å². The second kappa shape index (κ2) is 10.1. The topological polar surface area (TPSA) is 0 Å². The summed E-state index contributed by atoms with van der Waals surface area (Å²) in [7, 11) is 0. The Hall–Kier alpha value is -2.25. The summed E-state index contributed by atoms with van der Waals surface area (Å²) < 4.78 is 3.98. The zero-order valence-electron chi connectivity index (χ0n) is 18.8. The van der Waals surface area contributed by atoms with Gasteiger partial charge in [-0.3, -0.25) is 9.41 Å². The van der Waals surface area contributed by atoms with E-state index in [2.05, 4.69) is 112 Å². The Morgan fingerprint density at radius 3 is 1.84 bits per heavy atom. The van der Waals surface area contributed by atoms with Crippen LogP contribution in [0.5, 0.6) is 0 Å². The van der Waals surface area contributed by atoms with Crippen LogP contribution in [0.1, 0.15) is 47.5 Å². The Labute approximate surface area is 197 Å². The first kappa shape index (κ1) is 24.4. The Kier molecular flexibility index (Phi) is 7.72. The normalized spacial score (nSPS) is 15.1.